The summed E-state index contributed by atoms with van der Waals surface area (Å²) in [6.07, 6.45) is 1.36. The lowest BCUT2D eigenvalue weighted by atomic mass is 10.1. The van der Waals surface area contributed by atoms with Crippen LogP contribution in [0.5, 0.6) is 11.5 Å². The quantitative estimate of drug-likeness (QED) is 0.0730. The molecule has 1 aliphatic heterocycles. The molecule has 338 valence electrons. The minimum absolute atomic E-state index is 0.127. The van der Waals surface area contributed by atoms with E-state index in [0.717, 1.165) is 0 Å². The van der Waals surface area contributed by atoms with Crippen LogP contribution in [0, 0.1) is 13.8 Å². The van der Waals surface area contributed by atoms with E-state index in [-0.39, 0.29) is 66.0 Å². The van der Waals surface area contributed by atoms with Crippen LogP contribution in [-0.2, 0) is 24.4 Å². The van der Waals surface area contributed by atoms with Gasteiger partial charge in [0.05, 0.1) is 46.6 Å². The Hall–Kier alpha value is -7.00. The zero-order valence-corrected chi connectivity index (χ0v) is 37.2. The van der Waals surface area contributed by atoms with Gasteiger partial charge in [0, 0.05) is 37.3 Å². The van der Waals surface area contributed by atoms with E-state index in [2.05, 4.69) is 26.1 Å². The number of benzene rings is 2. The first-order chi connectivity index (χ1) is 30.6. The fraction of sp³-hybridized carbons (Fsp3) is 0.405. The summed E-state index contributed by atoms with van der Waals surface area (Å²) in [5.41, 5.74) is 15.2. The van der Waals surface area contributed by atoms with Crippen molar-refractivity contribution in [3.05, 3.63) is 69.3 Å². The molecule has 1 aliphatic rings. The predicted molar refractivity (Wildman–Crippen MR) is 238 cm³/mol. The molecule has 5 amide bonds. The standard InChI is InChI=1S/C42H51ClN14O7/c1-7-55-29(15-22(3)51-55)39(61)49-41-47-27-16-24(37(44)59)18-30(63-14-10-12-46-32(58)20-53(5)6)34(27)54(41)13-9-11-26-21-64-31-19-25(38(45)60)17-28-35(31)57(26)42(48-28)50-40(62)36-33(43)23(4)52-56(36)8-2/h15-19,26H,7-14,20-21H2,1-6H3,(H2,44,59)(H2,45,60)(H,46,58)(H,47,49,61)(H,48,50,62). The number of nitrogens with zero attached hydrogens (tertiary/aromatic N) is 9. The van der Waals surface area contributed by atoms with Crippen LogP contribution in [0.2, 0.25) is 5.02 Å². The van der Waals surface area contributed by atoms with Gasteiger partial charge in [-0.05, 0) is 91.4 Å². The average molecular weight is 899 g/mol. The second-order valence-electron chi connectivity index (χ2n) is 15.7. The highest BCUT2D eigenvalue weighted by Gasteiger charge is 2.31. The maximum absolute atomic E-state index is 13.9. The van der Waals surface area contributed by atoms with Crippen molar-refractivity contribution < 1.29 is 33.4 Å². The summed E-state index contributed by atoms with van der Waals surface area (Å²) in [4.78, 5) is 76.1. The largest absolute Gasteiger partial charge is 0.491 e. The van der Waals surface area contributed by atoms with Crippen LogP contribution in [0.1, 0.15) is 92.2 Å². The molecule has 0 aliphatic carbocycles. The monoisotopic (exact) mass is 898 g/mol. The first kappa shape index (κ1) is 45.0. The fourth-order valence-corrected chi connectivity index (χ4v) is 7.99. The fourth-order valence-electron chi connectivity index (χ4n) is 7.77. The Morgan fingerprint density at radius 1 is 0.875 bits per heavy atom. The number of hydrogen-bond donors (Lipinski definition) is 5. The van der Waals surface area contributed by atoms with Crippen molar-refractivity contribution in [3.63, 3.8) is 0 Å². The van der Waals surface area contributed by atoms with Gasteiger partial charge in [-0.1, -0.05) is 11.6 Å². The van der Waals surface area contributed by atoms with Crippen molar-refractivity contribution in [1.82, 2.24) is 48.9 Å². The van der Waals surface area contributed by atoms with Crippen LogP contribution >= 0.6 is 11.6 Å². The number of carbonyl (C=O) groups excluding carboxylic acids is 5. The van der Waals surface area contributed by atoms with E-state index in [1.807, 2.05) is 23.0 Å². The van der Waals surface area contributed by atoms with Crippen LogP contribution in [0.15, 0.2) is 30.3 Å². The molecule has 5 heterocycles. The van der Waals surface area contributed by atoms with Crippen molar-refractivity contribution >= 4 is 75.1 Å². The second kappa shape index (κ2) is 18.8. The van der Waals surface area contributed by atoms with Gasteiger partial charge >= 0.3 is 0 Å². The van der Waals surface area contributed by atoms with Crippen molar-refractivity contribution in [2.75, 3.05) is 51.0 Å². The van der Waals surface area contributed by atoms with Gasteiger partial charge in [-0.2, -0.15) is 10.2 Å². The highest BCUT2D eigenvalue weighted by molar-refractivity contribution is 6.34. The molecule has 0 radical (unpaired) electrons. The van der Waals surface area contributed by atoms with Gasteiger partial charge in [-0.3, -0.25) is 44.0 Å². The lowest BCUT2D eigenvalue weighted by Crippen LogP contribution is -2.34. The van der Waals surface area contributed by atoms with Crippen molar-refractivity contribution in [3.8, 4) is 11.5 Å². The molecular weight excluding hydrogens is 848 g/mol. The lowest BCUT2D eigenvalue weighted by molar-refractivity contribution is -0.121. The van der Waals surface area contributed by atoms with Crippen LogP contribution in [0.3, 0.4) is 0 Å². The van der Waals surface area contributed by atoms with E-state index < -0.39 is 29.7 Å². The number of rotatable bonds is 19. The van der Waals surface area contributed by atoms with Gasteiger partial charge in [0.1, 0.15) is 40.5 Å². The number of nitrogens with one attached hydrogen (secondary N) is 3. The van der Waals surface area contributed by atoms with Crippen LogP contribution in [-0.4, -0.2) is 113 Å². The van der Waals surface area contributed by atoms with E-state index in [9.17, 15) is 24.0 Å². The van der Waals surface area contributed by atoms with Gasteiger partial charge < -0.3 is 40.3 Å². The molecule has 1 atom stereocenters. The molecule has 2 aromatic carbocycles. The van der Waals surface area contributed by atoms with E-state index in [4.69, 9.17) is 42.5 Å². The maximum atomic E-state index is 13.9. The number of anilines is 2. The Balaban J connectivity index is 1.22. The Morgan fingerprint density at radius 3 is 2.23 bits per heavy atom. The van der Waals surface area contributed by atoms with Gasteiger partial charge in [-0.15, -0.1) is 0 Å². The van der Waals surface area contributed by atoms with Gasteiger partial charge in [0.25, 0.3) is 11.8 Å². The van der Waals surface area contributed by atoms with E-state index in [1.54, 1.807) is 61.8 Å². The molecule has 6 aromatic rings. The first-order valence-electron chi connectivity index (χ1n) is 20.8. The molecular formula is C42H51ClN14O7. The number of amides is 5. The predicted octanol–water partition coefficient (Wildman–Crippen LogP) is 3.65. The number of hydrogen-bond acceptors (Lipinski definition) is 12. The zero-order valence-electron chi connectivity index (χ0n) is 36.5. The summed E-state index contributed by atoms with van der Waals surface area (Å²) < 4.78 is 19.3. The summed E-state index contributed by atoms with van der Waals surface area (Å²) >= 11 is 6.56. The van der Waals surface area contributed by atoms with Gasteiger partial charge in [0.15, 0.2) is 0 Å². The number of nitrogens with two attached hydrogens (primary N) is 2. The zero-order chi connectivity index (χ0) is 46.0. The third-order valence-electron chi connectivity index (χ3n) is 10.7. The molecule has 64 heavy (non-hydrogen) atoms. The molecule has 7 N–H and O–H groups in total. The minimum Gasteiger partial charge on any atom is -0.491 e. The topological polar surface area (TPSA) is 266 Å². The maximum Gasteiger partial charge on any atom is 0.277 e. The number of halogens is 1. The third kappa shape index (κ3) is 9.20. The third-order valence-corrected chi connectivity index (χ3v) is 11.1. The summed E-state index contributed by atoms with van der Waals surface area (Å²) in [5.74, 6) is -1.40. The van der Waals surface area contributed by atoms with Crippen molar-refractivity contribution in [1.29, 1.82) is 0 Å². The number of aromatic nitrogens is 8. The molecule has 22 heteroatoms. The summed E-state index contributed by atoms with van der Waals surface area (Å²) in [6.45, 7) is 9.29. The van der Waals surface area contributed by atoms with Crippen LogP contribution in [0.4, 0.5) is 11.9 Å². The highest BCUT2D eigenvalue weighted by atomic mass is 35.5. The van der Waals surface area contributed by atoms with Gasteiger partial charge in [-0.25, -0.2) is 9.97 Å². The SMILES string of the molecule is CCn1nc(C)cc1C(=O)Nc1nc2cc(C(N)=O)cc(OCCCNC(=O)CN(C)C)c2n1CCCC1COc2cc(C(N)=O)cc3nc(NC(=O)c4c(Cl)c(C)nn4CC)n1c23. The Labute approximate surface area is 372 Å². The normalized spacial score (nSPS) is 13.3. The molecule has 0 spiro atoms. The molecule has 21 nitrogen and oxygen atoms in total. The Bertz CT molecular complexity index is 2800. The number of fused-ring (bicyclic) bond motifs is 1. The van der Waals surface area contributed by atoms with E-state index >= 15 is 0 Å². The number of ether oxygens (including phenoxy) is 2. The van der Waals surface area contributed by atoms with Gasteiger partial charge in [0.2, 0.25) is 29.6 Å². The molecule has 7 rings (SSSR count). The minimum atomic E-state index is -0.697. The smallest absolute Gasteiger partial charge is 0.277 e. The summed E-state index contributed by atoms with van der Waals surface area (Å²) in [5, 5.41) is 17.8. The number of likely N-dealkylation sites (N-methyl/N-ethyl adjacent to an activating group) is 1. The number of primary amides is 2. The second-order valence-corrected chi connectivity index (χ2v) is 16.0. The Morgan fingerprint density at radius 2 is 1.55 bits per heavy atom. The van der Waals surface area contributed by atoms with Crippen LogP contribution < -0.4 is 36.9 Å². The van der Waals surface area contributed by atoms with E-state index in [1.165, 1.54) is 10.7 Å². The lowest BCUT2D eigenvalue weighted by Gasteiger charge is -2.27. The van der Waals surface area contributed by atoms with Crippen LogP contribution in [0.25, 0.3) is 22.1 Å². The molecule has 0 bridgehead atoms. The molecule has 0 saturated heterocycles. The molecule has 0 saturated carbocycles. The number of aryl methyl sites for hydroxylation is 5. The van der Waals surface area contributed by atoms with Crippen molar-refractivity contribution in [2.45, 2.75) is 72.6 Å². The average Bonchev–Trinajstić information content (AvgIpc) is 3.99. The summed E-state index contributed by atoms with van der Waals surface area (Å²) in [7, 11) is 3.61. The molecule has 1 unspecified atom stereocenters. The summed E-state index contributed by atoms with van der Waals surface area (Å²) in [6, 6.07) is 7.47. The number of carbonyl (C=O) groups is 5. The van der Waals surface area contributed by atoms with E-state index in [0.29, 0.717) is 89.5 Å². The number of imidazole rings is 2. The Kier molecular flexibility index (Phi) is 13.2. The van der Waals surface area contributed by atoms with Crippen molar-refractivity contribution in [2.24, 2.45) is 11.5 Å². The molecule has 4 aromatic heterocycles. The highest BCUT2D eigenvalue weighted by Crippen LogP contribution is 2.39. The molecule has 0 fully saturated rings. The first-order valence-corrected chi connectivity index (χ1v) is 21.2.